The lowest BCUT2D eigenvalue weighted by molar-refractivity contribution is -0.117. The van der Waals surface area contributed by atoms with E-state index in [1.165, 1.54) is 33.6 Å². The first kappa shape index (κ1) is 16.9. The number of nitrogens with two attached hydrogens (primary N) is 1. The SMILES string of the molecule is Cc1nc(Sc2ncnc3sc4c(c23)CCC(C)C4)sc1CC(N)=O. The van der Waals surface area contributed by atoms with Crippen molar-refractivity contribution in [3.63, 3.8) is 0 Å². The molecular weight excluding hydrogens is 372 g/mol. The first-order valence-corrected chi connectivity index (χ1v) is 10.6. The van der Waals surface area contributed by atoms with E-state index in [1.807, 2.05) is 6.92 Å². The zero-order valence-electron chi connectivity index (χ0n) is 14.0. The molecule has 0 fully saturated rings. The van der Waals surface area contributed by atoms with E-state index < -0.39 is 0 Å². The zero-order valence-corrected chi connectivity index (χ0v) is 16.5. The summed E-state index contributed by atoms with van der Waals surface area (Å²) in [5, 5.41) is 2.17. The van der Waals surface area contributed by atoms with Crippen molar-refractivity contribution in [3.8, 4) is 0 Å². The van der Waals surface area contributed by atoms with Gasteiger partial charge in [0.1, 0.15) is 16.2 Å². The van der Waals surface area contributed by atoms with Crippen LogP contribution in [0.4, 0.5) is 0 Å². The third kappa shape index (κ3) is 3.30. The number of rotatable bonds is 4. The van der Waals surface area contributed by atoms with Crippen molar-refractivity contribution in [1.29, 1.82) is 0 Å². The molecule has 0 saturated carbocycles. The van der Waals surface area contributed by atoms with E-state index in [9.17, 15) is 4.79 Å². The number of fused-ring (bicyclic) bond motifs is 3. The van der Waals surface area contributed by atoms with Crippen LogP contribution >= 0.6 is 34.4 Å². The van der Waals surface area contributed by atoms with Gasteiger partial charge in [-0.1, -0.05) is 6.92 Å². The standard InChI is InChI=1S/C17H18N4OS3/c1-8-3-4-10-12(5-8)23-15-14(10)16(20-7-19-15)25-17-21-9(2)11(24-17)6-13(18)22/h7-8H,3-6H2,1-2H3,(H2,18,22). The van der Waals surface area contributed by atoms with Crippen LogP contribution in [-0.4, -0.2) is 20.9 Å². The number of hydrogen-bond acceptors (Lipinski definition) is 7. The highest BCUT2D eigenvalue weighted by molar-refractivity contribution is 8.01. The third-order valence-electron chi connectivity index (χ3n) is 4.45. The highest BCUT2D eigenvalue weighted by atomic mass is 32.2. The number of carbonyl (C=O) groups excluding carboxylic acids is 1. The second-order valence-electron chi connectivity index (χ2n) is 6.44. The minimum absolute atomic E-state index is 0.245. The third-order valence-corrected chi connectivity index (χ3v) is 7.83. The fourth-order valence-corrected chi connectivity index (χ4v) is 6.86. The van der Waals surface area contributed by atoms with Crippen LogP contribution in [-0.2, 0) is 24.1 Å². The highest BCUT2D eigenvalue weighted by Crippen LogP contribution is 2.42. The fourth-order valence-electron chi connectivity index (χ4n) is 3.17. The quantitative estimate of drug-likeness (QED) is 0.686. The summed E-state index contributed by atoms with van der Waals surface area (Å²) >= 11 is 4.90. The Morgan fingerprint density at radius 2 is 2.24 bits per heavy atom. The molecular formula is C17H18N4OS3. The highest BCUT2D eigenvalue weighted by Gasteiger charge is 2.24. The minimum atomic E-state index is -0.325. The summed E-state index contributed by atoms with van der Waals surface area (Å²) in [7, 11) is 0. The molecule has 0 spiro atoms. The lowest BCUT2D eigenvalue weighted by Crippen LogP contribution is -2.13. The van der Waals surface area contributed by atoms with Crippen molar-refractivity contribution in [2.45, 2.75) is 48.9 Å². The Labute approximate surface area is 158 Å². The van der Waals surface area contributed by atoms with Crippen molar-refractivity contribution in [2.75, 3.05) is 0 Å². The first-order valence-electron chi connectivity index (χ1n) is 8.19. The molecule has 3 aromatic heterocycles. The summed E-state index contributed by atoms with van der Waals surface area (Å²) in [5.41, 5.74) is 7.61. The molecule has 1 atom stereocenters. The van der Waals surface area contributed by atoms with E-state index in [0.29, 0.717) is 0 Å². The summed E-state index contributed by atoms with van der Waals surface area (Å²) in [6, 6.07) is 0. The Hall–Kier alpha value is -1.51. The van der Waals surface area contributed by atoms with Gasteiger partial charge in [0, 0.05) is 15.1 Å². The normalized spacial score (nSPS) is 17.0. The molecule has 2 N–H and O–H groups in total. The number of carbonyl (C=O) groups is 1. The molecule has 0 saturated heterocycles. The Morgan fingerprint density at radius 1 is 1.40 bits per heavy atom. The molecule has 1 unspecified atom stereocenters. The molecule has 130 valence electrons. The van der Waals surface area contributed by atoms with Crippen LogP contribution < -0.4 is 5.73 Å². The molecule has 4 rings (SSSR count). The smallest absolute Gasteiger partial charge is 0.222 e. The van der Waals surface area contributed by atoms with Crippen LogP contribution in [0.3, 0.4) is 0 Å². The summed E-state index contributed by atoms with van der Waals surface area (Å²) in [5.74, 6) is 0.413. The van der Waals surface area contributed by atoms with Crippen molar-refractivity contribution in [3.05, 3.63) is 27.3 Å². The molecule has 1 amide bonds. The molecule has 1 aliphatic carbocycles. The number of aryl methyl sites for hydroxylation is 2. The van der Waals surface area contributed by atoms with Crippen LogP contribution in [0.2, 0.25) is 0 Å². The van der Waals surface area contributed by atoms with E-state index in [4.69, 9.17) is 5.73 Å². The monoisotopic (exact) mass is 390 g/mol. The van der Waals surface area contributed by atoms with Gasteiger partial charge >= 0.3 is 0 Å². The Kier molecular flexibility index (Phi) is 4.51. The molecule has 0 aromatic carbocycles. The Morgan fingerprint density at radius 3 is 3.04 bits per heavy atom. The van der Waals surface area contributed by atoms with Gasteiger partial charge in [0.05, 0.1) is 12.1 Å². The summed E-state index contributed by atoms with van der Waals surface area (Å²) in [6.07, 6.45) is 5.34. The number of thiazole rings is 1. The second-order valence-corrected chi connectivity index (χ2v) is 9.85. The predicted molar refractivity (Wildman–Crippen MR) is 102 cm³/mol. The maximum absolute atomic E-state index is 11.2. The zero-order chi connectivity index (χ0) is 17.6. The number of primary amides is 1. The number of amides is 1. The van der Waals surface area contributed by atoms with Crippen LogP contribution in [0, 0.1) is 12.8 Å². The van der Waals surface area contributed by atoms with E-state index in [0.717, 1.165) is 43.5 Å². The molecule has 0 radical (unpaired) electrons. The van der Waals surface area contributed by atoms with E-state index in [2.05, 4.69) is 21.9 Å². The van der Waals surface area contributed by atoms with Crippen LogP contribution in [0.1, 0.15) is 34.4 Å². The van der Waals surface area contributed by atoms with Crippen molar-refractivity contribution in [2.24, 2.45) is 11.7 Å². The number of thiophene rings is 1. The minimum Gasteiger partial charge on any atom is -0.369 e. The van der Waals surface area contributed by atoms with Crippen molar-refractivity contribution >= 4 is 50.6 Å². The first-order chi connectivity index (χ1) is 12.0. The molecule has 1 aliphatic rings. The second kappa shape index (κ2) is 6.66. The molecule has 5 nitrogen and oxygen atoms in total. The van der Waals surface area contributed by atoms with Crippen LogP contribution in [0.15, 0.2) is 15.7 Å². The van der Waals surface area contributed by atoms with Crippen LogP contribution in [0.25, 0.3) is 10.2 Å². The van der Waals surface area contributed by atoms with Gasteiger partial charge in [0.15, 0.2) is 4.34 Å². The van der Waals surface area contributed by atoms with Crippen molar-refractivity contribution in [1.82, 2.24) is 15.0 Å². The van der Waals surface area contributed by atoms with Gasteiger partial charge in [-0.2, -0.15) is 0 Å². The molecule has 0 aliphatic heterocycles. The summed E-state index contributed by atoms with van der Waals surface area (Å²) < 4.78 is 0.901. The lowest BCUT2D eigenvalue weighted by atomic mass is 9.89. The van der Waals surface area contributed by atoms with Gasteiger partial charge in [-0.15, -0.1) is 22.7 Å². The maximum Gasteiger partial charge on any atom is 0.222 e. The topological polar surface area (TPSA) is 81.8 Å². The average Bonchev–Trinajstić information content (AvgIpc) is 3.07. The number of hydrogen-bond donors (Lipinski definition) is 1. The average molecular weight is 391 g/mol. The Bertz CT molecular complexity index is 962. The number of aromatic nitrogens is 3. The summed E-state index contributed by atoms with van der Waals surface area (Å²) in [4.78, 5) is 28.3. The maximum atomic E-state index is 11.2. The van der Waals surface area contributed by atoms with E-state index in [-0.39, 0.29) is 12.3 Å². The fraction of sp³-hybridized carbons (Fsp3) is 0.412. The molecule has 25 heavy (non-hydrogen) atoms. The molecule has 8 heteroatoms. The largest absolute Gasteiger partial charge is 0.369 e. The van der Waals surface area contributed by atoms with Gasteiger partial charge in [0.2, 0.25) is 5.91 Å². The van der Waals surface area contributed by atoms with E-state index >= 15 is 0 Å². The lowest BCUT2D eigenvalue weighted by Gasteiger charge is -2.17. The van der Waals surface area contributed by atoms with E-state index in [1.54, 1.807) is 29.4 Å². The summed E-state index contributed by atoms with van der Waals surface area (Å²) in [6.45, 7) is 4.23. The number of nitrogens with zero attached hydrogens (tertiary/aromatic N) is 3. The predicted octanol–water partition coefficient (Wildman–Crippen LogP) is 3.76. The van der Waals surface area contributed by atoms with Gasteiger partial charge in [-0.3, -0.25) is 4.79 Å². The van der Waals surface area contributed by atoms with Gasteiger partial charge in [-0.25, -0.2) is 15.0 Å². The molecule has 0 bridgehead atoms. The van der Waals surface area contributed by atoms with Gasteiger partial charge in [-0.05, 0) is 49.4 Å². The van der Waals surface area contributed by atoms with Crippen LogP contribution in [0.5, 0.6) is 0 Å². The molecule has 3 heterocycles. The molecule has 3 aromatic rings. The van der Waals surface area contributed by atoms with Gasteiger partial charge < -0.3 is 5.73 Å². The van der Waals surface area contributed by atoms with Crippen molar-refractivity contribution < 1.29 is 4.79 Å². The van der Waals surface area contributed by atoms with Gasteiger partial charge in [0.25, 0.3) is 0 Å². The Balaban J connectivity index is 1.71.